The first-order chi connectivity index (χ1) is 8.08. The fourth-order valence-corrected chi connectivity index (χ4v) is 1.57. The summed E-state index contributed by atoms with van der Waals surface area (Å²) in [6.07, 6.45) is 0. The second kappa shape index (κ2) is 4.59. The molecule has 0 atom stereocenters. The van der Waals surface area contributed by atoms with Crippen LogP contribution in [0.4, 0.5) is 21.6 Å². The number of nitrogens with zero attached hydrogens (tertiary/aromatic N) is 1. The van der Waals surface area contributed by atoms with Gasteiger partial charge in [-0.05, 0) is 31.2 Å². The van der Waals surface area contributed by atoms with Crippen molar-refractivity contribution in [3.63, 3.8) is 0 Å². The van der Waals surface area contributed by atoms with E-state index in [1.54, 1.807) is 24.3 Å². The fraction of sp³-hybridized carbons (Fsp3) is 0.0833. The first-order valence-corrected chi connectivity index (χ1v) is 5.40. The lowest BCUT2D eigenvalue weighted by Gasteiger charge is -2.10. The molecule has 0 aliphatic rings. The van der Waals surface area contributed by atoms with Crippen LogP contribution in [-0.4, -0.2) is 4.98 Å². The van der Waals surface area contributed by atoms with E-state index in [0.29, 0.717) is 11.5 Å². The normalized spacial score (nSPS) is 10.3. The van der Waals surface area contributed by atoms with Crippen LogP contribution in [0.2, 0.25) is 5.02 Å². The molecule has 1 aromatic heterocycles. The Kier molecular flexibility index (Phi) is 3.15. The van der Waals surface area contributed by atoms with Crippen LogP contribution in [0.5, 0.6) is 0 Å². The van der Waals surface area contributed by atoms with Crippen LogP contribution in [0.3, 0.4) is 0 Å². The van der Waals surface area contributed by atoms with Gasteiger partial charge in [0.2, 0.25) is 0 Å². The number of aromatic nitrogens is 1. The van der Waals surface area contributed by atoms with E-state index in [4.69, 9.17) is 17.3 Å². The van der Waals surface area contributed by atoms with Crippen molar-refractivity contribution in [3.05, 3.63) is 46.9 Å². The molecule has 1 heterocycles. The van der Waals surface area contributed by atoms with Crippen LogP contribution in [-0.2, 0) is 0 Å². The predicted octanol–water partition coefficient (Wildman–Crippen LogP) is 3.51. The van der Waals surface area contributed by atoms with E-state index in [2.05, 4.69) is 10.3 Å². The number of pyridine rings is 1. The highest BCUT2D eigenvalue weighted by Gasteiger charge is 2.08. The Morgan fingerprint density at radius 2 is 2.06 bits per heavy atom. The quantitative estimate of drug-likeness (QED) is 0.859. The Balaban J connectivity index is 2.38. The number of hydrogen-bond acceptors (Lipinski definition) is 3. The zero-order valence-corrected chi connectivity index (χ0v) is 9.92. The van der Waals surface area contributed by atoms with Crippen molar-refractivity contribution in [2.24, 2.45) is 0 Å². The van der Waals surface area contributed by atoms with Gasteiger partial charge in [-0.15, -0.1) is 0 Å². The maximum atomic E-state index is 13.7. The SMILES string of the molecule is Cc1ccc(N)c(Nc2cccc(Cl)c2F)n1. The number of nitrogens with one attached hydrogen (secondary N) is 1. The van der Waals surface area contributed by atoms with Gasteiger partial charge in [-0.25, -0.2) is 9.37 Å². The Labute approximate surface area is 103 Å². The third kappa shape index (κ3) is 2.47. The Morgan fingerprint density at radius 1 is 1.29 bits per heavy atom. The lowest BCUT2D eigenvalue weighted by molar-refractivity contribution is 0.632. The van der Waals surface area contributed by atoms with Gasteiger partial charge in [0, 0.05) is 5.69 Å². The van der Waals surface area contributed by atoms with Crippen LogP contribution < -0.4 is 11.1 Å². The minimum absolute atomic E-state index is 0.0567. The van der Waals surface area contributed by atoms with Crippen molar-refractivity contribution in [1.29, 1.82) is 0 Å². The highest BCUT2D eigenvalue weighted by atomic mass is 35.5. The molecule has 3 N–H and O–H groups in total. The highest BCUT2D eigenvalue weighted by Crippen LogP contribution is 2.26. The molecule has 5 heteroatoms. The molecule has 3 nitrogen and oxygen atoms in total. The molecular weight excluding hydrogens is 241 g/mol. The summed E-state index contributed by atoms with van der Waals surface area (Å²) < 4.78 is 13.7. The van der Waals surface area contributed by atoms with E-state index in [9.17, 15) is 4.39 Å². The molecule has 0 bridgehead atoms. The summed E-state index contributed by atoms with van der Waals surface area (Å²) >= 11 is 5.68. The van der Waals surface area contributed by atoms with Crippen LogP contribution in [0, 0.1) is 12.7 Å². The van der Waals surface area contributed by atoms with E-state index in [-0.39, 0.29) is 10.7 Å². The molecule has 0 aliphatic carbocycles. The molecule has 1 aromatic carbocycles. The first-order valence-electron chi connectivity index (χ1n) is 5.02. The average Bonchev–Trinajstić information content (AvgIpc) is 2.30. The molecule has 0 fully saturated rings. The lowest BCUT2D eigenvalue weighted by Crippen LogP contribution is -2.01. The predicted molar refractivity (Wildman–Crippen MR) is 68.1 cm³/mol. The van der Waals surface area contributed by atoms with Crippen LogP contribution in [0.1, 0.15) is 5.69 Å². The third-order valence-corrected chi connectivity index (χ3v) is 2.56. The second-order valence-electron chi connectivity index (χ2n) is 3.62. The van der Waals surface area contributed by atoms with E-state index in [1.807, 2.05) is 6.92 Å². The van der Waals surface area contributed by atoms with Gasteiger partial charge in [0.1, 0.15) is 0 Å². The van der Waals surface area contributed by atoms with Gasteiger partial charge in [-0.2, -0.15) is 0 Å². The van der Waals surface area contributed by atoms with Gasteiger partial charge < -0.3 is 11.1 Å². The number of halogens is 2. The molecule has 0 saturated heterocycles. The first kappa shape index (κ1) is 11.7. The van der Waals surface area contributed by atoms with Gasteiger partial charge in [0.25, 0.3) is 0 Å². The molecular formula is C12H11ClFN3. The van der Waals surface area contributed by atoms with E-state index in [0.717, 1.165) is 5.69 Å². The number of nitrogens with two attached hydrogens (primary N) is 1. The van der Waals surface area contributed by atoms with Crippen molar-refractivity contribution < 1.29 is 4.39 Å². The van der Waals surface area contributed by atoms with Crippen molar-refractivity contribution in [1.82, 2.24) is 4.98 Å². The zero-order valence-electron chi connectivity index (χ0n) is 9.17. The summed E-state index contributed by atoms with van der Waals surface area (Å²) in [5, 5.41) is 2.88. The fourth-order valence-electron chi connectivity index (χ4n) is 1.40. The standard InChI is InChI=1S/C12H11ClFN3/c1-7-5-6-9(15)12(16-7)17-10-4-2-3-8(13)11(10)14/h2-6H,15H2,1H3,(H,16,17). The molecule has 2 aromatic rings. The smallest absolute Gasteiger partial charge is 0.165 e. The van der Waals surface area contributed by atoms with Gasteiger partial charge in [0.05, 0.1) is 16.4 Å². The van der Waals surface area contributed by atoms with Crippen LogP contribution in [0.15, 0.2) is 30.3 Å². The monoisotopic (exact) mass is 251 g/mol. The van der Waals surface area contributed by atoms with E-state index < -0.39 is 5.82 Å². The molecule has 17 heavy (non-hydrogen) atoms. The minimum atomic E-state index is -0.517. The van der Waals surface area contributed by atoms with Crippen molar-refractivity contribution in [3.8, 4) is 0 Å². The number of anilines is 3. The number of rotatable bonds is 2. The van der Waals surface area contributed by atoms with Gasteiger partial charge in [-0.3, -0.25) is 0 Å². The van der Waals surface area contributed by atoms with E-state index in [1.165, 1.54) is 6.07 Å². The molecule has 0 aliphatic heterocycles. The van der Waals surface area contributed by atoms with Gasteiger partial charge in [0.15, 0.2) is 11.6 Å². The van der Waals surface area contributed by atoms with Crippen molar-refractivity contribution in [2.45, 2.75) is 6.92 Å². The minimum Gasteiger partial charge on any atom is -0.396 e. The summed E-state index contributed by atoms with van der Waals surface area (Å²) in [5.41, 5.74) is 7.25. The molecule has 88 valence electrons. The Hall–Kier alpha value is -1.81. The summed E-state index contributed by atoms with van der Waals surface area (Å²) in [6.45, 7) is 1.83. The molecule has 0 saturated carbocycles. The Bertz CT molecular complexity index is 557. The topological polar surface area (TPSA) is 50.9 Å². The maximum Gasteiger partial charge on any atom is 0.165 e. The number of aryl methyl sites for hydroxylation is 1. The summed E-state index contributed by atoms with van der Waals surface area (Å²) in [7, 11) is 0. The molecule has 0 spiro atoms. The van der Waals surface area contributed by atoms with Crippen molar-refractivity contribution in [2.75, 3.05) is 11.1 Å². The van der Waals surface area contributed by atoms with Crippen molar-refractivity contribution >= 4 is 28.8 Å². The zero-order chi connectivity index (χ0) is 12.4. The largest absolute Gasteiger partial charge is 0.396 e. The second-order valence-corrected chi connectivity index (χ2v) is 4.02. The van der Waals surface area contributed by atoms with Gasteiger partial charge in [-0.1, -0.05) is 17.7 Å². The van der Waals surface area contributed by atoms with Crippen LogP contribution in [0.25, 0.3) is 0 Å². The molecule has 0 radical (unpaired) electrons. The summed E-state index contributed by atoms with van der Waals surface area (Å²) in [5.74, 6) is -0.0944. The number of benzene rings is 1. The lowest BCUT2D eigenvalue weighted by atomic mass is 10.3. The van der Waals surface area contributed by atoms with Crippen LogP contribution >= 0.6 is 11.6 Å². The van der Waals surface area contributed by atoms with Gasteiger partial charge >= 0.3 is 0 Å². The molecule has 2 rings (SSSR count). The number of hydrogen-bond donors (Lipinski definition) is 2. The average molecular weight is 252 g/mol. The third-order valence-electron chi connectivity index (χ3n) is 2.27. The van der Waals surface area contributed by atoms with E-state index >= 15 is 0 Å². The molecule has 0 amide bonds. The molecule has 0 unspecified atom stereocenters. The highest BCUT2D eigenvalue weighted by molar-refractivity contribution is 6.31. The summed E-state index contributed by atoms with van der Waals surface area (Å²) in [4.78, 5) is 4.19. The Morgan fingerprint density at radius 3 is 2.82 bits per heavy atom. The summed E-state index contributed by atoms with van der Waals surface area (Å²) in [6, 6.07) is 8.21. The number of nitrogen functional groups attached to an aromatic ring is 1. The maximum absolute atomic E-state index is 13.7.